The maximum atomic E-state index is 13.1. The highest BCUT2D eigenvalue weighted by Gasteiger charge is 2.28. The number of halogens is 2. The van der Waals surface area contributed by atoms with Gasteiger partial charge in [-0.15, -0.1) is 0 Å². The fourth-order valence-corrected chi connectivity index (χ4v) is 2.31. The molecule has 3 nitrogen and oxygen atoms in total. The predicted molar refractivity (Wildman–Crippen MR) is 85.4 cm³/mol. The number of anilines is 1. The van der Waals surface area contributed by atoms with Crippen molar-refractivity contribution in [2.45, 2.75) is 24.9 Å². The number of nitrogens with one attached hydrogen (secondary N) is 2. The first-order valence-corrected chi connectivity index (χ1v) is 7.57. The lowest BCUT2D eigenvalue weighted by Crippen LogP contribution is -2.34. The Morgan fingerprint density at radius 3 is 2.32 bits per heavy atom. The summed E-state index contributed by atoms with van der Waals surface area (Å²) in [6.45, 7) is 0. The molecule has 1 unspecified atom stereocenters. The van der Waals surface area contributed by atoms with E-state index in [1.54, 1.807) is 24.3 Å². The number of benzene rings is 2. The summed E-state index contributed by atoms with van der Waals surface area (Å²) < 4.78 is 13.1. The summed E-state index contributed by atoms with van der Waals surface area (Å²) >= 11 is 5.87. The van der Waals surface area contributed by atoms with Crippen LogP contribution >= 0.6 is 11.6 Å². The average Bonchev–Trinajstić information content (AvgIpc) is 3.31. The molecule has 2 aromatic rings. The Hall–Kier alpha value is -2.07. The van der Waals surface area contributed by atoms with Gasteiger partial charge in [0.25, 0.3) is 0 Å². The van der Waals surface area contributed by atoms with E-state index in [0.29, 0.717) is 5.02 Å². The lowest BCUT2D eigenvalue weighted by atomic mass is 10.1. The molecule has 2 N–H and O–H groups in total. The van der Waals surface area contributed by atoms with Crippen molar-refractivity contribution in [2.75, 3.05) is 5.32 Å². The van der Waals surface area contributed by atoms with Crippen molar-refractivity contribution in [1.29, 1.82) is 0 Å². The van der Waals surface area contributed by atoms with Crippen molar-refractivity contribution in [2.24, 2.45) is 0 Å². The van der Waals surface area contributed by atoms with Crippen LogP contribution in [-0.2, 0) is 4.79 Å². The third-order valence-electron chi connectivity index (χ3n) is 3.54. The zero-order valence-electron chi connectivity index (χ0n) is 11.9. The topological polar surface area (TPSA) is 41.1 Å². The highest BCUT2D eigenvalue weighted by molar-refractivity contribution is 6.30. The fraction of sp³-hybridized carbons (Fsp3) is 0.235. The first kappa shape index (κ1) is 14.9. The van der Waals surface area contributed by atoms with Crippen LogP contribution in [0.1, 0.15) is 24.4 Å². The van der Waals surface area contributed by atoms with Crippen LogP contribution in [0.2, 0.25) is 5.02 Å². The van der Waals surface area contributed by atoms with E-state index in [0.717, 1.165) is 24.1 Å². The van der Waals surface area contributed by atoms with E-state index in [-0.39, 0.29) is 17.8 Å². The number of hydrogen-bond donors (Lipinski definition) is 2. The monoisotopic (exact) mass is 318 g/mol. The Labute approximate surface area is 133 Å². The molecule has 0 heterocycles. The molecule has 1 aliphatic carbocycles. The minimum absolute atomic E-state index is 0.107. The van der Waals surface area contributed by atoms with Gasteiger partial charge in [0.2, 0.25) is 5.91 Å². The maximum absolute atomic E-state index is 13.1. The molecule has 0 saturated heterocycles. The second-order valence-corrected chi connectivity index (χ2v) is 5.86. The van der Waals surface area contributed by atoms with Gasteiger partial charge in [-0.3, -0.25) is 4.79 Å². The van der Waals surface area contributed by atoms with E-state index < -0.39 is 6.04 Å². The minimum Gasteiger partial charge on any atom is -0.370 e. The van der Waals surface area contributed by atoms with Crippen molar-refractivity contribution in [3.63, 3.8) is 0 Å². The van der Waals surface area contributed by atoms with Gasteiger partial charge in [-0.2, -0.15) is 0 Å². The smallest absolute Gasteiger partial charge is 0.247 e. The highest BCUT2D eigenvalue weighted by Crippen LogP contribution is 2.24. The van der Waals surface area contributed by atoms with Crippen LogP contribution in [0.4, 0.5) is 10.1 Å². The number of rotatable bonds is 5. The largest absolute Gasteiger partial charge is 0.370 e. The van der Waals surface area contributed by atoms with Crippen LogP contribution in [0.25, 0.3) is 0 Å². The van der Waals surface area contributed by atoms with E-state index in [2.05, 4.69) is 10.6 Å². The van der Waals surface area contributed by atoms with Crippen molar-refractivity contribution >= 4 is 23.2 Å². The molecule has 3 rings (SSSR count). The third kappa shape index (κ3) is 3.77. The molecule has 1 fully saturated rings. The molecular formula is C17H16ClFN2O. The molecule has 0 radical (unpaired) electrons. The van der Waals surface area contributed by atoms with Gasteiger partial charge in [-0.05, 0) is 54.8 Å². The summed E-state index contributed by atoms with van der Waals surface area (Å²) in [7, 11) is 0. The Balaban J connectivity index is 1.82. The van der Waals surface area contributed by atoms with E-state index in [4.69, 9.17) is 11.6 Å². The molecule has 1 saturated carbocycles. The lowest BCUT2D eigenvalue weighted by Gasteiger charge is -2.20. The van der Waals surface area contributed by atoms with Crippen LogP contribution in [-0.4, -0.2) is 11.9 Å². The minimum atomic E-state index is -0.567. The second-order valence-electron chi connectivity index (χ2n) is 5.42. The van der Waals surface area contributed by atoms with Gasteiger partial charge in [0.05, 0.1) is 0 Å². The van der Waals surface area contributed by atoms with Crippen LogP contribution in [0.15, 0.2) is 48.5 Å². The molecule has 0 bridgehead atoms. The van der Waals surface area contributed by atoms with Gasteiger partial charge in [0.15, 0.2) is 0 Å². The number of carbonyl (C=O) groups is 1. The Morgan fingerprint density at radius 1 is 1.09 bits per heavy atom. The highest BCUT2D eigenvalue weighted by atomic mass is 35.5. The molecular weight excluding hydrogens is 303 g/mol. The zero-order valence-corrected chi connectivity index (χ0v) is 12.6. The standard InChI is InChI=1S/C17H16ClFN2O/c18-12-3-7-14(8-4-12)20-16(17(22)21-15-9-10-15)11-1-5-13(19)6-2-11/h1-8,15-16,20H,9-10H2,(H,21,22). The maximum Gasteiger partial charge on any atom is 0.247 e. The van der Waals surface area contributed by atoms with Gasteiger partial charge in [0, 0.05) is 16.8 Å². The van der Waals surface area contributed by atoms with Crippen LogP contribution in [0.5, 0.6) is 0 Å². The van der Waals surface area contributed by atoms with Gasteiger partial charge < -0.3 is 10.6 Å². The normalized spacial score (nSPS) is 15.2. The second kappa shape index (κ2) is 6.36. The molecule has 1 atom stereocenters. The van der Waals surface area contributed by atoms with E-state index in [1.807, 2.05) is 12.1 Å². The molecule has 5 heteroatoms. The van der Waals surface area contributed by atoms with E-state index >= 15 is 0 Å². The molecule has 0 aromatic heterocycles. The molecule has 0 aliphatic heterocycles. The summed E-state index contributed by atoms with van der Waals surface area (Å²) in [4.78, 5) is 12.5. The van der Waals surface area contributed by atoms with Crippen molar-refractivity contribution in [3.8, 4) is 0 Å². The Kier molecular flexibility index (Phi) is 4.29. The van der Waals surface area contributed by atoms with Crippen molar-refractivity contribution < 1.29 is 9.18 Å². The van der Waals surface area contributed by atoms with Crippen LogP contribution in [0, 0.1) is 5.82 Å². The summed E-state index contributed by atoms with van der Waals surface area (Å²) in [6.07, 6.45) is 2.03. The van der Waals surface area contributed by atoms with Crippen molar-refractivity contribution in [3.05, 3.63) is 64.9 Å². The zero-order chi connectivity index (χ0) is 15.5. The lowest BCUT2D eigenvalue weighted by molar-refractivity contribution is -0.122. The van der Waals surface area contributed by atoms with Crippen LogP contribution in [0.3, 0.4) is 0 Å². The number of amides is 1. The number of carbonyl (C=O) groups excluding carboxylic acids is 1. The molecule has 0 spiro atoms. The van der Waals surface area contributed by atoms with Gasteiger partial charge >= 0.3 is 0 Å². The first-order valence-electron chi connectivity index (χ1n) is 7.20. The fourth-order valence-electron chi connectivity index (χ4n) is 2.18. The SMILES string of the molecule is O=C(NC1CC1)C(Nc1ccc(Cl)cc1)c1ccc(F)cc1. The number of hydrogen-bond acceptors (Lipinski definition) is 2. The Bertz CT molecular complexity index is 653. The first-order chi connectivity index (χ1) is 10.6. The summed E-state index contributed by atoms with van der Waals surface area (Å²) in [5, 5.41) is 6.79. The summed E-state index contributed by atoms with van der Waals surface area (Å²) in [6, 6.07) is 12.8. The summed E-state index contributed by atoms with van der Waals surface area (Å²) in [5.41, 5.74) is 1.50. The third-order valence-corrected chi connectivity index (χ3v) is 3.80. The quantitative estimate of drug-likeness (QED) is 0.877. The predicted octanol–water partition coefficient (Wildman–Crippen LogP) is 3.91. The van der Waals surface area contributed by atoms with Crippen LogP contribution < -0.4 is 10.6 Å². The molecule has 2 aromatic carbocycles. The van der Waals surface area contributed by atoms with E-state index in [1.165, 1.54) is 12.1 Å². The molecule has 1 amide bonds. The molecule has 1 aliphatic rings. The molecule has 22 heavy (non-hydrogen) atoms. The van der Waals surface area contributed by atoms with Gasteiger partial charge in [-0.25, -0.2) is 4.39 Å². The Morgan fingerprint density at radius 2 is 1.73 bits per heavy atom. The van der Waals surface area contributed by atoms with Crippen molar-refractivity contribution in [1.82, 2.24) is 5.32 Å². The summed E-state index contributed by atoms with van der Waals surface area (Å²) in [5.74, 6) is -0.430. The average molecular weight is 319 g/mol. The van der Waals surface area contributed by atoms with E-state index in [9.17, 15) is 9.18 Å². The van der Waals surface area contributed by atoms with Gasteiger partial charge in [-0.1, -0.05) is 23.7 Å². The van der Waals surface area contributed by atoms with Gasteiger partial charge in [0.1, 0.15) is 11.9 Å². The molecule has 114 valence electrons.